The molecular weight excluding hydrogens is 321 g/mol. The van der Waals surface area contributed by atoms with Gasteiger partial charge in [-0.25, -0.2) is 12.8 Å². The number of hydrogen-bond acceptors (Lipinski definition) is 4. The molecule has 0 unspecified atom stereocenters. The van der Waals surface area contributed by atoms with Gasteiger partial charge < -0.3 is 9.64 Å². The van der Waals surface area contributed by atoms with E-state index in [9.17, 15) is 17.6 Å². The van der Waals surface area contributed by atoms with Crippen LogP contribution in [0.2, 0.25) is 0 Å². The predicted molar refractivity (Wildman–Crippen MR) is 83.1 cm³/mol. The van der Waals surface area contributed by atoms with E-state index in [-0.39, 0.29) is 36.1 Å². The van der Waals surface area contributed by atoms with Crippen LogP contribution < -0.4 is 0 Å². The van der Waals surface area contributed by atoms with Crippen LogP contribution >= 0.6 is 0 Å². The van der Waals surface area contributed by atoms with Gasteiger partial charge in [0.25, 0.3) is 0 Å². The van der Waals surface area contributed by atoms with Crippen LogP contribution in [0.1, 0.15) is 23.7 Å². The number of sulfone groups is 1. The lowest BCUT2D eigenvalue weighted by Gasteiger charge is -2.22. The van der Waals surface area contributed by atoms with Crippen molar-refractivity contribution in [2.75, 3.05) is 32.1 Å². The van der Waals surface area contributed by atoms with Crippen molar-refractivity contribution in [3.05, 3.63) is 35.6 Å². The monoisotopic (exact) mass is 341 g/mol. The molecule has 0 spiro atoms. The van der Waals surface area contributed by atoms with Gasteiger partial charge >= 0.3 is 0 Å². The molecule has 1 aromatic carbocycles. The Hall–Kier alpha value is -1.47. The van der Waals surface area contributed by atoms with Crippen molar-refractivity contribution >= 4 is 15.7 Å². The van der Waals surface area contributed by atoms with Crippen LogP contribution in [0.25, 0.3) is 0 Å². The Kier molecular flexibility index (Phi) is 4.68. The smallest absolute Gasteiger partial charge is 0.228 e. The Morgan fingerprint density at radius 2 is 2.00 bits per heavy atom. The maximum Gasteiger partial charge on any atom is 0.228 e. The van der Waals surface area contributed by atoms with Crippen LogP contribution in [0.5, 0.6) is 0 Å². The third-order valence-electron chi connectivity index (χ3n) is 4.58. The summed E-state index contributed by atoms with van der Waals surface area (Å²) < 4.78 is 44.3. The van der Waals surface area contributed by atoms with Gasteiger partial charge in [-0.05, 0) is 18.9 Å². The number of hydrogen-bond donors (Lipinski definition) is 0. The molecule has 23 heavy (non-hydrogen) atoms. The van der Waals surface area contributed by atoms with E-state index in [1.165, 1.54) is 18.2 Å². The number of halogens is 1. The molecule has 1 aromatic rings. The summed E-state index contributed by atoms with van der Waals surface area (Å²) in [6.45, 7) is 1.47. The lowest BCUT2D eigenvalue weighted by Crippen LogP contribution is -2.38. The maximum absolute atomic E-state index is 14.0. The van der Waals surface area contributed by atoms with Crippen molar-refractivity contribution in [2.45, 2.75) is 18.1 Å². The van der Waals surface area contributed by atoms with E-state index in [0.29, 0.717) is 26.2 Å². The van der Waals surface area contributed by atoms with Crippen LogP contribution in [0.15, 0.2) is 24.3 Å². The maximum atomic E-state index is 14.0. The summed E-state index contributed by atoms with van der Waals surface area (Å²) in [6, 6.07) is 5.96. The summed E-state index contributed by atoms with van der Waals surface area (Å²) in [4.78, 5) is 14.0. The van der Waals surface area contributed by atoms with Gasteiger partial charge in [-0.15, -0.1) is 0 Å². The standard InChI is InChI=1S/C16H20FNO4S/c17-14-4-2-1-3-13(14)15-5-7-18(8-10-23(15,20)21)16(19)12-6-9-22-11-12/h1-4,12,15H,5-11H2/t12-,15+/m0/s1. The SMILES string of the molecule is O=C([C@H]1CCOC1)N1CC[C@H](c2ccccc2F)S(=O)(=O)CC1. The van der Waals surface area contributed by atoms with Crippen LogP contribution in [0, 0.1) is 11.7 Å². The van der Waals surface area contributed by atoms with Gasteiger partial charge in [0.1, 0.15) is 5.82 Å². The second-order valence-corrected chi connectivity index (χ2v) is 8.35. The van der Waals surface area contributed by atoms with Gasteiger partial charge in [0.05, 0.1) is 23.5 Å². The minimum atomic E-state index is -3.49. The third-order valence-corrected chi connectivity index (χ3v) is 6.69. The average molecular weight is 341 g/mol. The second kappa shape index (κ2) is 6.57. The number of rotatable bonds is 2. The summed E-state index contributed by atoms with van der Waals surface area (Å²) in [5.74, 6) is -0.870. The number of carbonyl (C=O) groups is 1. The van der Waals surface area contributed by atoms with Crippen LogP contribution in [-0.4, -0.2) is 51.3 Å². The molecule has 2 aliphatic heterocycles. The predicted octanol–water partition coefficient (Wildman–Crippen LogP) is 1.55. The number of carbonyl (C=O) groups excluding carboxylic acids is 1. The molecule has 0 N–H and O–H groups in total. The van der Waals surface area contributed by atoms with E-state index >= 15 is 0 Å². The number of nitrogens with zero attached hydrogens (tertiary/aromatic N) is 1. The fourth-order valence-electron chi connectivity index (χ4n) is 3.24. The molecule has 3 rings (SSSR count). The van der Waals surface area contributed by atoms with Crippen LogP contribution in [0.3, 0.4) is 0 Å². The van der Waals surface area contributed by atoms with Crippen molar-refractivity contribution in [3.63, 3.8) is 0 Å². The molecule has 0 aliphatic carbocycles. The highest BCUT2D eigenvalue weighted by molar-refractivity contribution is 7.91. The summed E-state index contributed by atoms with van der Waals surface area (Å²) in [5.41, 5.74) is 0.200. The third kappa shape index (κ3) is 3.40. The normalized spacial score (nSPS) is 27.6. The Morgan fingerprint density at radius 3 is 2.70 bits per heavy atom. The first-order valence-corrected chi connectivity index (χ1v) is 9.53. The Labute approximate surface area is 135 Å². The lowest BCUT2D eigenvalue weighted by molar-refractivity contribution is -0.135. The lowest BCUT2D eigenvalue weighted by atomic mass is 10.1. The molecule has 2 fully saturated rings. The van der Waals surface area contributed by atoms with Gasteiger partial charge in [-0.1, -0.05) is 18.2 Å². The molecule has 5 nitrogen and oxygen atoms in total. The average Bonchev–Trinajstić information content (AvgIpc) is 3.00. The van der Waals surface area contributed by atoms with Crippen LogP contribution in [0.4, 0.5) is 4.39 Å². The molecule has 2 heterocycles. The fourth-order valence-corrected chi connectivity index (χ4v) is 5.04. The highest BCUT2D eigenvalue weighted by Crippen LogP contribution is 2.31. The molecule has 7 heteroatoms. The largest absolute Gasteiger partial charge is 0.381 e. The summed E-state index contributed by atoms with van der Waals surface area (Å²) >= 11 is 0. The number of benzene rings is 1. The molecular formula is C16H20FNO4S. The fraction of sp³-hybridized carbons (Fsp3) is 0.562. The summed E-state index contributed by atoms with van der Waals surface area (Å²) in [7, 11) is -3.49. The number of ether oxygens (including phenoxy) is 1. The van der Waals surface area contributed by atoms with Crippen molar-refractivity contribution in [3.8, 4) is 0 Å². The Balaban J connectivity index is 1.80. The molecule has 2 atom stereocenters. The zero-order chi connectivity index (χ0) is 16.4. The van der Waals surface area contributed by atoms with Gasteiger partial charge in [0, 0.05) is 25.3 Å². The highest BCUT2D eigenvalue weighted by atomic mass is 32.2. The second-order valence-electron chi connectivity index (χ2n) is 6.05. The van der Waals surface area contributed by atoms with E-state index in [1.54, 1.807) is 11.0 Å². The topological polar surface area (TPSA) is 63.7 Å². The van der Waals surface area contributed by atoms with Gasteiger partial charge in [-0.3, -0.25) is 4.79 Å². The first-order chi connectivity index (χ1) is 11.0. The van der Waals surface area contributed by atoms with Crippen molar-refractivity contribution in [1.29, 1.82) is 0 Å². The van der Waals surface area contributed by atoms with Gasteiger partial charge in [-0.2, -0.15) is 0 Å². The van der Waals surface area contributed by atoms with E-state index in [1.807, 2.05) is 0 Å². The Bertz CT molecular complexity index is 685. The number of amides is 1. The molecule has 1 amide bonds. The first-order valence-electron chi connectivity index (χ1n) is 7.81. The quantitative estimate of drug-likeness (QED) is 0.819. The van der Waals surface area contributed by atoms with E-state index in [2.05, 4.69) is 0 Å². The summed E-state index contributed by atoms with van der Waals surface area (Å²) in [5, 5.41) is -0.888. The van der Waals surface area contributed by atoms with E-state index < -0.39 is 20.9 Å². The zero-order valence-electron chi connectivity index (χ0n) is 12.8. The minimum Gasteiger partial charge on any atom is -0.381 e. The zero-order valence-corrected chi connectivity index (χ0v) is 13.6. The van der Waals surface area contributed by atoms with Gasteiger partial charge in [0.2, 0.25) is 5.91 Å². The van der Waals surface area contributed by atoms with Crippen molar-refractivity contribution in [2.24, 2.45) is 5.92 Å². The molecule has 126 valence electrons. The van der Waals surface area contributed by atoms with Gasteiger partial charge in [0.15, 0.2) is 9.84 Å². The first kappa shape index (κ1) is 16.4. The molecule has 0 saturated carbocycles. The molecule has 0 radical (unpaired) electrons. The highest BCUT2D eigenvalue weighted by Gasteiger charge is 2.36. The van der Waals surface area contributed by atoms with Crippen LogP contribution in [-0.2, 0) is 19.4 Å². The minimum absolute atomic E-state index is 0.0492. The molecule has 2 aliphatic rings. The molecule has 0 bridgehead atoms. The summed E-state index contributed by atoms with van der Waals surface area (Å²) in [6.07, 6.45) is 0.904. The molecule has 2 saturated heterocycles. The Morgan fingerprint density at radius 1 is 1.22 bits per heavy atom. The van der Waals surface area contributed by atoms with Crippen molar-refractivity contribution < 1.29 is 22.3 Å². The van der Waals surface area contributed by atoms with E-state index in [4.69, 9.17) is 4.74 Å². The molecule has 0 aromatic heterocycles. The van der Waals surface area contributed by atoms with E-state index in [0.717, 1.165) is 0 Å². The van der Waals surface area contributed by atoms with Crippen molar-refractivity contribution in [1.82, 2.24) is 4.90 Å².